The highest BCUT2D eigenvalue weighted by atomic mass is 16.5. The van der Waals surface area contributed by atoms with E-state index in [1.54, 1.807) is 0 Å². The summed E-state index contributed by atoms with van der Waals surface area (Å²) in [5.74, 6) is 0.255. The molecule has 6 nitrogen and oxygen atoms in total. The highest BCUT2D eigenvalue weighted by molar-refractivity contribution is 5.80. The fourth-order valence-corrected chi connectivity index (χ4v) is 2.42. The molecular formula is C18H25N3O3. The monoisotopic (exact) mass is 331 g/mol. The Morgan fingerprint density at radius 3 is 2.75 bits per heavy atom. The number of benzene rings is 1. The van der Waals surface area contributed by atoms with Crippen molar-refractivity contribution in [2.45, 2.75) is 39.8 Å². The van der Waals surface area contributed by atoms with Crippen molar-refractivity contribution >= 4 is 5.91 Å². The molecule has 130 valence electrons. The number of amides is 1. The quantitative estimate of drug-likeness (QED) is 0.723. The van der Waals surface area contributed by atoms with E-state index in [4.69, 9.17) is 4.74 Å². The van der Waals surface area contributed by atoms with Gasteiger partial charge >= 0.3 is 0 Å². The van der Waals surface area contributed by atoms with Gasteiger partial charge in [-0.15, -0.1) is 0 Å². The summed E-state index contributed by atoms with van der Waals surface area (Å²) in [7, 11) is 0. The van der Waals surface area contributed by atoms with E-state index in [-0.39, 0.29) is 6.61 Å². The number of ether oxygens (including phenoxy) is 1. The maximum Gasteiger partial charge on any atom is 0.252 e. The topological polar surface area (TPSA) is 76.4 Å². The first kappa shape index (κ1) is 18.0. The molecule has 0 aliphatic rings. The molecule has 0 radical (unpaired) electrons. The molecule has 0 unspecified atom stereocenters. The third kappa shape index (κ3) is 5.09. The molecule has 6 heteroatoms. The van der Waals surface area contributed by atoms with Crippen LogP contribution < -0.4 is 10.1 Å². The van der Waals surface area contributed by atoms with Crippen LogP contribution in [0.3, 0.4) is 0 Å². The average molecular weight is 331 g/mol. The molecule has 0 saturated heterocycles. The number of carbonyl (C=O) groups is 1. The Balaban J connectivity index is 1.68. The van der Waals surface area contributed by atoms with Crippen LogP contribution in [0.2, 0.25) is 0 Å². The molecule has 1 heterocycles. The molecule has 1 atom stereocenters. The zero-order chi connectivity index (χ0) is 17.5. The molecule has 24 heavy (non-hydrogen) atoms. The van der Waals surface area contributed by atoms with E-state index in [0.717, 1.165) is 29.9 Å². The Morgan fingerprint density at radius 2 is 2.08 bits per heavy atom. The number of hydrogen-bond donors (Lipinski definition) is 2. The number of aliphatic hydroxyl groups excluding tert-OH is 1. The molecule has 2 N–H and O–H groups in total. The average Bonchev–Trinajstić information content (AvgIpc) is 2.88. The Bertz CT molecular complexity index is 682. The van der Waals surface area contributed by atoms with Crippen molar-refractivity contribution in [3.8, 4) is 5.75 Å². The number of nitrogens with one attached hydrogen (secondary N) is 1. The smallest absolute Gasteiger partial charge is 0.252 e. The van der Waals surface area contributed by atoms with Crippen LogP contribution in [-0.4, -0.2) is 40.0 Å². The van der Waals surface area contributed by atoms with E-state index in [1.165, 1.54) is 0 Å². The van der Waals surface area contributed by atoms with Crippen LogP contribution in [0.25, 0.3) is 0 Å². The van der Waals surface area contributed by atoms with Crippen LogP contribution in [0.1, 0.15) is 23.4 Å². The molecular weight excluding hydrogens is 306 g/mol. The van der Waals surface area contributed by atoms with Gasteiger partial charge in [-0.1, -0.05) is 18.2 Å². The van der Waals surface area contributed by atoms with Gasteiger partial charge in [0.2, 0.25) is 0 Å². The van der Waals surface area contributed by atoms with Crippen molar-refractivity contribution in [3.05, 3.63) is 47.3 Å². The van der Waals surface area contributed by atoms with E-state index in [2.05, 4.69) is 10.4 Å². The Kier molecular flexibility index (Phi) is 6.37. The second-order valence-electron chi connectivity index (χ2n) is 5.89. The van der Waals surface area contributed by atoms with Gasteiger partial charge in [-0.05, 0) is 44.9 Å². The largest absolute Gasteiger partial charge is 0.490 e. The predicted octanol–water partition coefficient (Wildman–Crippen LogP) is 1.75. The van der Waals surface area contributed by atoms with E-state index in [0.29, 0.717) is 12.3 Å². The second kappa shape index (κ2) is 8.49. The van der Waals surface area contributed by atoms with Crippen LogP contribution in [0.4, 0.5) is 0 Å². The number of nitrogens with zero attached hydrogens (tertiary/aromatic N) is 2. The van der Waals surface area contributed by atoms with Crippen LogP contribution in [0.5, 0.6) is 5.75 Å². The summed E-state index contributed by atoms with van der Waals surface area (Å²) < 4.78 is 7.40. The first-order chi connectivity index (χ1) is 11.5. The lowest BCUT2D eigenvalue weighted by Gasteiger charge is -2.14. The SMILES string of the molecule is Cc1cc(C)n(CCCNC(=O)[C@H](O)COc2ccccc2C)n1. The van der Waals surface area contributed by atoms with E-state index in [1.807, 2.05) is 55.8 Å². The Hall–Kier alpha value is -2.34. The van der Waals surface area contributed by atoms with Crippen molar-refractivity contribution in [1.82, 2.24) is 15.1 Å². The molecule has 0 aliphatic carbocycles. The number of rotatable bonds is 8. The molecule has 1 aromatic carbocycles. The highest BCUT2D eigenvalue weighted by Gasteiger charge is 2.15. The number of aromatic nitrogens is 2. The summed E-state index contributed by atoms with van der Waals surface area (Å²) in [6, 6.07) is 9.52. The van der Waals surface area contributed by atoms with Crippen molar-refractivity contribution in [3.63, 3.8) is 0 Å². The minimum atomic E-state index is -1.18. The molecule has 1 amide bonds. The minimum Gasteiger partial charge on any atom is -0.490 e. The van der Waals surface area contributed by atoms with Crippen molar-refractivity contribution < 1.29 is 14.6 Å². The first-order valence-corrected chi connectivity index (χ1v) is 8.12. The van der Waals surface area contributed by atoms with Crippen LogP contribution >= 0.6 is 0 Å². The number of carbonyl (C=O) groups excluding carboxylic acids is 1. The lowest BCUT2D eigenvalue weighted by atomic mass is 10.2. The summed E-state index contributed by atoms with van der Waals surface area (Å²) in [6.07, 6.45) is -0.433. The number of aliphatic hydroxyl groups is 1. The lowest BCUT2D eigenvalue weighted by Crippen LogP contribution is -2.39. The van der Waals surface area contributed by atoms with E-state index in [9.17, 15) is 9.90 Å². The van der Waals surface area contributed by atoms with Crippen LogP contribution in [-0.2, 0) is 11.3 Å². The molecule has 1 aromatic heterocycles. The zero-order valence-electron chi connectivity index (χ0n) is 14.5. The van der Waals surface area contributed by atoms with Gasteiger partial charge in [-0.3, -0.25) is 9.48 Å². The van der Waals surface area contributed by atoms with Gasteiger partial charge < -0.3 is 15.2 Å². The summed E-state index contributed by atoms with van der Waals surface area (Å²) in [5.41, 5.74) is 3.06. The van der Waals surface area contributed by atoms with Gasteiger partial charge in [0.25, 0.3) is 5.91 Å². The highest BCUT2D eigenvalue weighted by Crippen LogP contribution is 2.16. The maximum atomic E-state index is 11.9. The molecule has 2 rings (SSSR count). The lowest BCUT2D eigenvalue weighted by molar-refractivity contribution is -0.130. The van der Waals surface area contributed by atoms with E-state index >= 15 is 0 Å². The molecule has 2 aromatic rings. The molecule has 0 saturated carbocycles. The molecule has 0 spiro atoms. The van der Waals surface area contributed by atoms with Gasteiger partial charge in [0.15, 0.2) is 6.10 Å². The van der Waals surface area contributed by atoms with Crippen molar-refractivity contribution in [2.75, 3.05) is 13.2 Å². The number of aryl methyl sites for hydroxylation is 4. The van der Waals surface area contributed by atoms with Crippen LogP contribution in [0, 0.1) is 20.8 Å². The minimum absolute atomic E-state index is 0.0614. The summed E-state index contributed by atoms with van der Waals surface area (Å²) in [5, 5.41) is 17.0. The third-order valence-corrected chi connectivity index (χ3v) is 3.74. The number of para-hydroxylation sites is 1. The molecule has 0 bridgehead atoms. The standard InChI is InChI=1S/C18H25N3O3/c1-13-7-4-5-8-17(13)24-12-16(22)18(23)19-9-6-10-21-15(3)11-14(2)20-21/h4-5,7-8,11,16,22H,6,9-10,12H2,1-3H3,(H,19,23)/t16-/m1/s1. The zero-order valence-corrected chi connectivity index (χ0v) is 14.5. The third-order valence-electron chi connectivity index (χ3n) is 3.74. The second-order valence-corrected chi connectivity index (χ2v) is 5.89. The van der Waals surface area contributed by atoms with Gasteiger partial charge in [-0.25, -0.2) is 0 Å². The summed E-state index contributed by atoms with van der Waals surface area (Å²) in [4.78, 5) is 11.9. The van der Waals surface area contributed by atoms with E-state index < -0.39 is 12.0 Å². The molecule has 0 fully saturated rings. The van der Waals surface area contributed by atoms with Gasteiger partial charge in [0.05, 0.1) is 5.69 Å². The predicted molar refractivity (Wildman–Crippen MR) is 92.0 cm³/mol. The first-order valence-electron chi connectivity index (χ1n) is 8.12. The maximum absolute atomic E-state index is 11.9. The van der Waals surface area contributed by atoms with Crippen molar-refractivity contribution in [2.24, 2.45) is 0 Å². The Labute approximate surface area is 142 Å². The van der Waals surface area contributed by atoms with Crippen LogP contribution in [0.15, 0.2) is 30.3 Å². The van der Waals surface area contributed by atoms with Gasteiger partial charge in [0.1, 0.15) is 12.4 Å². The number of hydrogen-bond acceptors (Lipinski definition) is 4. The van der Waals surface area contributed by atoms with Crippen molar-refractivity contribution in [1.29, 1.82) is 0 Å². The fourth-order valence-electron chi connectivity index (χ4n) is 2.42. The normalized spacial score (nSPS) is 12.0. The fraction of sp³-hybridized carbons (Fsp3) is 0.444. The molecule has 0 aliphatic heterocycles. The summed E-state index contributed by atoms with van der Waals surface area (Å²) in [6.45, 7) is 7.03. The Morgan fingerprint density at radius 1 is 1.33 bits per heavy atom. The summed E-state index contributed by atoms with van der Waals surface area (Å²) >= 11 is 0. The van der Waals surface area contributed by atoms with Gasteiger partial charge in [-0.2, -0.15) is 5.10 Å². The van der Waals surface area contributed by atoms with Gasteiger partial charge in [0, 0.05) is 18.8 Å².